The summed E-state index contributed by atoms with van der Waals surface area (Å²) in [5.74, 6) is -1.42. The van der Waals surface area contributed by atoms with Crippen LogP contribution in [0, 0.1) is 0 Å². The molecular formula is C28H25NO6. The van der Waals surface area contributed by atoms with E-state index in [0.29, 0.717) is 23.5 Å². The molecule has 1 aliphatic rings. The first-order valence-corrected chi connectivity index (χ1v) is 11.3. The van der Waals surface area contributed by atoms with Crippen molar-refractivity contribution in [2.24, 2.45) is 0 Å². The third-order valence-electron chi connectivity index (χ3n) is 5.82. The molecule has 3 aromatic rings. The molecule has 7 heteroatoms. The first-order valence-electron chi connectivity index (χ1n) is 11.3. The molecule has 0 N–H and O–H groups in total. The van der Waals surface area contributed by atoms with Crippen molar-refractivity contribution < 1.29 is 28.7 Å². The van der Waals surface area contributed by atoms with E-state index in [4.69, 9.17) is 9.47 Å². The monoisotopic (exact) mass is 471 g/mol. The van der Waals surface area contributed by atoms with Gasteiger partial charge in [-0.1, -0.05) is 42.5 Å². The predicted octanol–water partition coefficient (Wildman–Crippen LogP) is 4.24. The van der Waals surface area contributed by atoms with Crippen LogP contribution in [0.1, 0.15) is 56.0 Å². The van der Waals surface area contributed by atoms with Crippen LogP contribution in [-0.2, 0) is 22.6 Å². The molecule has 1 heterocycles. The van der Waals surface area contributed by atoms with Crippen LogP contribution in [0.4, 0.5) is 0 Å². The number of nitrogens with zero attached hydrogens (tertiary/aromatic N) is 1. The van der Waals surface area contributed by atoms with E-state index in [1.54, 1.807) is 42.5 Å². The molecule has 0 radical (unpaired) electrons. The molecule has 1 aliphatic heterocycles. The van der Waals surface area contributed by atoms with E-state index >= 15 is 0 Å². The van der Waals surface area contributed by atoms with Crippen molar-refractivity contribution in [3.05, 3.63) is 101 Å². The van der Waals surface area contributed by atoms with Gasteiger partial charge in [0.05, 0.1) is 17.7 Å². The molecule has 0 saturated heterocycles. The third-order valence-corrected chi connectivity index (χ3v) is 5.82. The Bertz CT molecular complexity index is 1250. The summed E-state index contributed by atoms with van der Waals surface area (Å²) in [4.78, 5) is 52.4. The molecule has 0 saturated carbocycles. The maximum absolute atomic E-state index is 13.4. The number of fused-ring (bicyclic) bond motifs is 1. The highest BCUT2D eigenvalue weighted by Crippen LogP contribution is 2.27. The van der Waals surface area contributed by atoms with Gasteiger partial charge in [-0.05, 0) is 49.7 Å². The second-order valence-corrected chi connectivity index (χ2v) is 8.15. The summed E-state index contributed by atoms with van der Waals surface area (Å²) >= 11 is 0. The molecule has 35 heavy (non-hydrogen) atoms. The van der Waals surface area contributed by atoms with Gasteiger partial charge < -0.3 is 9.47 Å². The molecule has 4 rings (SSSR count). The highest BCUT2D eigenvalue weighted by Gasteiger charge is 2.43. The zero-order valence-electron chi connectivity index (χ0n) is 19.5. The zero-order chi connectivity index (χ0) is 24.9. The Morgan fingerprint density at radius 1 is 0.886 bits per heavy atom. The number of benzene rings is 3. The van der Waals surface area contributed by atoms with Crippen LogP contribution in [-0.4, -0.2) is 41.1 Å². The number of ketones is 1. The number of rotatable bonds is 9. The summed E-state index contributed by atoms with van der Waals surface area (Å²) in [7, 11) is 0. The largest absolute Gasteiger partial charge is 0.493 e. The molecular weight excluding hydrogens is 446 g/mol. The summed E-state index contributed by atoms with van der Waals surface area (Å²) in [6, 6.07) is 19.4. The van der Waals surface area contributed by atoms with Crippen molar-refractivity contribution in [2.75, 3.05) is 6.61 Å². The fourth-order valence-corrected chi connectivity index (χ4v) is 4.06. The summed E-state index contributed by atoms with van der Waals surface area (Å²) in [5, 5.41) is 0. The normalized spacial score (nSPS) is 13.4. The molecule has 0 spiro atoms. The average Bonchev–Trinajstić information content (AvgIpc) is 3.12. The van der Waals surface area contributed by atoms with Gasteiger partial charge in [-0.25, -0.2) is 4.79 Å². The summed E-state index contributed by atoms with van der Waals surface area (Å²) in [5.41, 5.74) is 2.28. The number of esters is 1. The highest BCUT2D eigenvalue weighted by molar-refractivity contribution is 6.22. The lowest BCUT2D eigenvalue weighted by atomic mass is 10.0. The lowest BCUT2D eigenvalue weighted by Gasteiger charge is -2.25. The Morgan fingerprint density at radius 2 is 1.51 bits per heavy atom. The maximum atomic E-state index is 13.4. The summed E-state index contributed by atoms with van der Waals surface area (Å²) in [6.07, 6.45) is 0.108. The fraction of sp³-hybridized carbons (Fsp3) is 0.214. The molecule has 1 unspecified atom stereocenters. The van der Waals surface area contributed by atoms with E-state index in [0.717, 1.165) is 10.5 Å². The molecule has 0 fully saturated rings. The molecule has 0 bridgehead atoms. The van der Waals surface area contributed by atoms with Crippen LogP contribution in [0.5, 0.6) is 5.75 Å². The van der Waals surface area contributed by atoms with Crippen molar-refractivity contribution in [1.82, 2.24) is 4.90 Å². The molecule has 2 amide bonds. The van der Waals surface area contributed by atoms with E-state index in [1.165, 1.54) is 6.92 Å². The van der Waals surface area contributed by atoms with E-state index in [-0.39, 0.29) is 29.9 Å². The van der Waals surface area contributed by atoms with Gasteiger partial charge >= 0.3 is 5.97 Å². The minimum Gasteiger partial charge on any atom is -0.493 e. The number of carbonyl (C=O) groups excluding carboxylic acids is 4. The Hall–Kier alpha value is -4.26. The van der Waals surface area contributed by atoms with Crippen LogP contribution in [0.15, 0.2) is 72.8 Å². The third kappa shape index (κ3) is 4.99. The van der Waals surface area contributed by atoms with Crippen LogP contribution in [0.3, 0.4) is 0 Å². The number of hydrogen-bond acceptors (Lipinski definition) is 6. The molecule has 3 aromatic carbocycles. The Morgan fingerprint density at radius 3 is 2.11 bits per heavy atom. The summed E-state index contributed by atoms with van der Waals surface area (Å²) in [6.45, 7) is 3.49. The van der Waals surface area contributed by atoms with Crippen molar-refractivity contribution in [3.8, 4) is 5.75 Å². The quantitative estimate of drug-likeness (QED) is 0.263. The molecule has 0 aromatic heterocycles. The number of imide groups is 1. The predicted molar refractivity (Wildman–Crippen MR) is 128 cm³/mol. The van der Waals surface area contributed by atoms with E-state index in [1.807, 2.05) is 37.3 Å². The van der Waals surface area contributed by atoms with Gasteiger partial charge in [-0.2, -0.15) is 0 Å². The lowest BCUT2D eigenvalue weighted by molar-refractivity contribution is -0.149. The second kappa shape index (κ2) is 10.3. The van der Waals surface area contributed by atoms with Gasteiger partial charge in [0.15, 0.2) is 5.78 Å². The minimum absolute atomic E-state index is 0.108. The van der Waals surface area contributed by atoms with E-state index in [2.05, 4.69) is 0 Å². The molecule has 178 valence electrons. The van der Waals surface area contributed by atoms with Crippen LogP contribution in [0.25, 0.3) is 0 Å². The number of ether oxygens (including phenoxy) is 2. The SMILES string of the molecule is CCOc1ccc(C(C)=O)cc1COC(=O)C(Cc1ccccc1)N1C(=O)c2ccccc2C1=O. The highest BCUT2D eigenvalue weighted by atomic mass is 16.5. The standard InChI is InChI=1S/C28H25NO6/c1-3-34-25-14-13-20(18(2)30)16-21(25)17-35-28(33)24(15-19-9-5-4-6-10-19)29-26(31)22-11-7-8-12-23(22)27(29)32/h4-14,16,24H,3,15,17H2,1-2H3. The number of hydrogen-bond donors (Lipinski definition) is 0. The number of amides is 2. The van der Waals surface area contributed by atoms with Gasteiger partial charge in [0.25, 0.3) is 11.8 Å². The fourth-order valence-electron chi connectivity index (χ4n) is 4.06. The smallest absolute Gasteiger partial charge is 0.330 e. The van der Waals surface area contributed by atoms with Crippen molar-refractivity contribution >= 4 is 23.6 Å². The molecule has 7 nitrogen and oxygen atoms in total. The van der Waals surface area contributed by atoms with Crippen molar-refractivity contribution in [3.63, 3.8) is 0 Å². The molecule has 1 atom stereocenters. The van der Waals surface area contributed by atoms with Gasteiger partial charge in [0, 0.05) is 17.5 Å². The zero-order valence-corrected chi connectivity index (χ0v) is 19.5. The van der Waals surface area contributed by atoms with Crippen LogP contribution < -0.4 is 4.74 Å². The maximum Gasteiger partial charge on any atom is 0.330 e. The molecule has 0 aliphatic carbocycles. The van der Waals surface area contributed by atoms with Crippen molar-refractivity contribution in [2.45, 2.75) is 32.9 Å². The first-order chi connectivity index (χ1) is 16.9. The van der Waals surface area contributed by atoms with E-state index in [9.17, 15) is 19.2 Å². The topological polar surface area (TPSA) is 90.0 Å². The van der Waals surface area contributed by atoms with Crippen molar-refractivity contribution in [1.29, 1.82) is 0 Å². The average molecular weight is 472 g/mol. The van der Waals surface area contributed by atoms with Crippen LogP contribution in [0.2, 0.25) is 0 Å². The lowest BCUT2D eigenvalue weighted by Crippen LogP contribution is -2.47. The first kappa shape index (κ1) is 23.9. The van der Waals surface area contributed by atoms with Gasteiger partial charge in [-0.15, -0.1) is 0 Å². The van der Waals surface area contributed by atoms with Gasteiger partial charge in [0.1, 0.15) is 18.4 Å². The van der Waals surface area contributed by atoms with E-state index < -0.39 is 23.8 Å². The van der Waals surface area contributed by atoms with Gasteiger partial charge in [-0.3, -0.25) is 19.3 Å². The van der Waals surface area contributed by atoms with Crippen LogP contribution >= 0.6 is 0 Å². The second-order valence-electron chi connectivity index (χ2n) is 8.15. The Labute approximate surface area is 203 Å². The Balaban J connectivity index is 1.62. The minimum atomic E-state index is -1.16. The number of Topliss-reactive ketones (excluding diaryl/α,β-unsaturated/α-hetero) is 1. The number of carbonyl (C=O) groups is 4. The Kier molecular flexibility index (Phi) is 7.06. The summed E-state index contributed by atoms with van der Waals surface area (Å²) < 4.78 is 11.2. The van der Waals surface area contributed by atoms with Gasteiger partial charge in [0.2, 0.25) is 0 Å².